The summed E-state index contributed by atoms with van der Waals surface area (Å²) in [6.45, 7) is 1.75. The zero-order valence-corrected chi connectivity index (χ0v) is 17.0. The van der Waals surface area contributed by atoms with E-state index in [4.69, 9.17) is 4.74 Å². The predicted molar refractivity (Wildman–Crippen MR) is 111 cm³/mol. The number of benzene rings is 2. The van der Waals surface area contributed by atoms with E-state index >= 15 is 0 Å². The maximum Gasteiger partial charge on any atom is 0.323 e. The van der Waals surface area contributed by atoms with E-state index in [2.05, 4.69) is 6.07 Å². The summed E-state index contributed by atoms with van der Waals surface area (Å²) in [6, 6.07) is 13.9. The molecule has 0 unspecified atom stereocenters. The molecule has 0 aromatic heterocycles. The van der Waals surface area contributed by atoms with Gasteiger partial charge in [0, 0.05) is 4.90 Å². The number of carbonyl (C=O) groups is 2. The first-order valence-corrected chi connectivity index (χ1v) is 10.4. The molecule has 1 aliphatic heterocycles. The molecular formula is C22H25NO4S. The van der Waals surface area contributed by atoms with E-state index in [1.165, 1.54) is 10.5 Å². The van der Waals surface area contributed by atoms with Gasteiger partial charge in [-0.2, -0.15) is 0 Å². The summed E-state index contributed by atoms with van der Waals surface area (Å²) in [5.74, 6) is -0.276. The molecule has 1 amide bonds. The second kappa shape index (κ2) is 9.15. The van der Waals surface area contributed by atoms with Gasteiger partial charge in [-0.25, -0.2) is 0 Å². The number of nitrogens with zero attached hydrogens (tertiary/aromatic N) is 1. The Morgan fingerprint density at radius 1 is 1.18 bits per heavy atom. The highest BCUT2D eigenvalue weighted by atomic mass is 32.2. The molecule has 0 aliphatic carbocycles. The highest BCUT2D eigenvalue weighted by Gasteiger charge is 2.34. The van der Waals surface area contributed by atoms with Gasteiger partial charge >= 0.3 is 5.97 Å². The van der Waals surface area contributed by atoms with Crippen LogP contribution in [0.15, 0.2) is 47.4 Å². The highest BCUT2D eigenvalue weighted by molar-refractivity contribution is 8.01. The number of aliphatic carboxylic acids is 1. The Hall–Kier alpha value is -2.47. The molecule has 0 spiro atoms. The smallest absolute Gasteiger partial charge is 0.323 e. The molecule has 3 rings (SSSR count). The van der Waals surface area contributed by atoms with Crippen molar-refractivity contribution < 1.29 is 19.4 Å². The zero-order valence-electron chi connectivity index (χ0n) is 16.2. The van der Waals surface area contributed by atoms with Gasteiger partial charge in [0.05, 0.1) is 18.0 Å². The lowest BCUT2D eigenvalue weighted by molar-refractivity contribution is -0.136. The van der Waals surface area contributed by atoms with Crippen molar-refractivity contribution in [2.24, 2.45) is 0 Å². The third kappa shape index (κ3) is 4.68. The van der Waals surface area contributed by atoms with Crippen LogP contribution in [0.3, 0.4) is 0 Å². The van der Waals surface area contributed by atoms with E-state index in [1.54, 1.807) is 18.9 Å². The number of carboxylic acid groups (broad SMARTS) is 1. The van der Waals surface area contributed by atoms with Crippen LogP contribution >= 0.6 is 11.8 Å². The molecule has 0 radical (unpaired) electrons. The Morgan fingerprint density at radius 3 is 2.54 bits per heavy atom. The van der Waals surface area contributed by atoms with Gasteiger partial charge in [0.1, 0.15) is 12.3 Å². The van der Waals surface area contributed by atoms with Crippen LogP contribution in [0, 0.1) is 0 Å². The first kappa shape index (κ1) is 20.3. The van der Waals surface area contributed by atoms with Gasteiger partial charge in [-0.15, -0.1) is 11.8 Å². The molecule has 0 bridgehead atoms. The first-order valence-electron chi connectivity index (χ1n) is 9.47. The maximum atomic E-state index is 13.0. The zero-order chi connectivity index (χ0) is 20.1. The number of hydrogen-bond acceptors (Lipinski definition) is 4. The summed E-state index contributed by atoms with van der Waals surface area (Å²) in [4.78, 5) is 26.7. The molecular weight excluding hydrogens is 374 g/mol. The summed E-state index contributed by atoms with van der Waals surface area (Å²) >= 11 is 1.55. The van der Waals surface area contributed by atoms with Crippen LogP contribution in [0.1, 0.15) is 30.9 Å². The first-order chi connectivity index (χ1) is 13.5. The van der Waals surface area contributed by atoms with Gasteiger partial charge in [0.2, 0.25) is 5.91 Å². The van der Waals surface area contributed by atoms with Crippen molar-refractivity contribution in [3.63, 3.8) is 0 Å². The van der Waals surface area contributed by atoms with E-state index in [-0.39, 0.29) is 17.7 Å². The fourth-order valence-corrected chi connectivity index (χ4v) is 4.61. The number of ether oxygens (including phenoxy) is 1. The monoisotopic (exact) mass is 399 g/mol. The summed E-state index contributed by atoms with van der Waals surface area (Å²) in [5, 5.41) is 9.03. The molecule has 5 nitrogen and oxygen atoms in total. The number of amides is 1. The standard InChI is InChI=1S/C22H25NO4S/c1-3-15-9-12-19-18(13-15)23(14-21(24)25)22(26)20(28-19)6-4-5-16-7-10-17(27-2)11-8-16/h7-13,20H,3-6,14H2,1-2H3,(H,24,25)/t20-/m0/s1. The third-order valence-electron chi connectivity index (χ3n) is 4.92. The van der Waals surface area contributed by atoms with Crippen LogP contribution < -0.4 is 9.64 Å². The summed E-state index contributed by atoms with van der Waals surface area (Å²) < 4.78 is 5.17. The molecule has 148 valence electrons. The minimum absolute atomic E-state index is 0.108. The molecule has 2 aromatic carbocycles. The van der Waals surface area contributed by atoms with Gasteiger partial charge < -0.3 is 9.84 Å². The molecule has 1 aliphatic rings. The minimum Gasteiger partial charge on any atom is -0.497 e. The Labute approximate surface area is 169 Å². The summed E-state index contributed by atoms with van der Waals surface area (Å²) in [7, 11) is 1.64. The van der Waals surface area contributed by atoms with Crippen molar-refractivity contribution in [2.45, 2.75) is 42.8 Å². The highest BCUT2D eigenvalue weighted by Crippen LogP contribution is 2.41. The van der Waals surface area contributed by atoms with Crippen molar-refractivity contribution >= 4 is 29.3 Å². The van der Waals surface area contributed by atoms with Crippen molar-refractivity contribution in [1.29, 1.82) is 0 Å². The number of rotatable bonds is 8. The van der Waals surface area contributed by atoms with Crippen molar-refractivity contribution in [3.05, 3.63) is 53.6 Å². The molecule has 28 heavy (non-hydrogen) atoms. The van der Waals surface area contributed by atoms with Crippen molar-refractivity contribution in [2.75, 3.05) is 18.6 Å². The van der Waals surface area contributed by atoms with E-state index < -0.39 is 5.97 Å². The second-order valence-electron chi connectivity index (χ2n) is 6.82. The third-order valence-corrected chi connectivity index (χ3v) is 6.24. The number of anilines is 1. The van der Waals surface area contributed by atoms with Gasteiger partial charge in [0.25, 0.3) is 0 Å². The van der Waals surface area contributed by atoms with Crippen LogP contribution in [0.2, 0.25) is 0 Å². The van der Waals surface area contributed by atoms with Crippen LogP contribution in [-0.4, -0.2) is 35.9 Å². The number of aryl methyl sites for hydroxylation is 2. The van der Waals surface area contributed by atoms with Crippen molar-refractivity contribution in [3.8, 4) is 5.75 Å². The molecule has 0 saturated carbocycles. The molecule has 1 atom stereocenters. The predicted octanol–water partition coefficient (Wildman–Crippen LogP) is 4.17. The topological polar surface area (TPSA) is 66.8 Å². The normalized spacial score (nSPS) is 16.0. The molecule has 0 fully saturated rings. The van der Waals surface area contributed by atoms with E-state index in [9.17, 15) is 14.7 Å². The Balaban J connectivity index is 1.70. The average Bonchev–Trinajstić information content (AvgIpc) is 2.70. The van der Waals surface area contributed by atoms with Gasteiger partial charge in [-0.1, -0.05) is 25.1 Å². The quantitative estimate of drug-likeness (QED) is 0.722. The number of fused-ring (bicyclic) bond motifs is 1. The Kier molecular flexibility index (Phi) is 6.62. The van der Waals surface area contributed by atoms with Crippen LogP contribution in [-0.2, 0) is 22.4 Å². The lowest BCUT2D eigenvalue weighted by Crippen LogP contribution is -2.44. The molecule has 2 aromatic rings. The molecule has 6 heteroatoms. The number of carbonyl (C=O) groups excluding carboxylic acids is 1. The van der Waals surface area contributed by atoms with E-state index in [0.717, 1.165) is 41.2 Å². The summed E-state index contributed by atoms with van der Waals surface area (Å²) in [6.07, 6.45) is 3.28. The molecule has 1 heterocycles. The van der Waals surface area contributed by atoms with Crippen LogP contribution in [0.4, 0.5) is 5.69 Å². The van der Waals surface area contributed by atoms with Gasteiger partial charge in [0.15, 0.2) is 0 Å². The number of thioether (sulfide) groups is 1. The fraction of sp³-hybridized carbons (Fsp3) is 0.364. The van der Waals surface area contributed by atoms with Crippen LogP contribution in [0.25, 0.3) is 0 Å². The Morgan fingerprint density at radius 2 is 1.89 bits per heavy atom. The average molecular weight is 400 g/mol. The lowest BCUT2D eigenvalue weighted by Gasteiger charge is -2.33. The molecule has 1 N–H and O–H groups in total. The van der Waals surface area contributed by atoms with Gasteiger partial charge in [-0.3, -0.25) is 14.5 Å². The SMILES string of the molecule is CCc1ccc2c(c1)N(CC(=O)O)C(=O)[C@H](CCCc1ccc(OC)cc1)S2. The number of hydrogen-bond donors (Lipinski definition) is 1. The fourth-order valence-electron chi connectivity index (χ4n) is 3.35. The largest absolute Gasteiger partial charge is 0.497 e. The van der Waals surface area contributed by atoms with E-state index in [1.807, 2.05) is 43.3 Å². The lowest BCUT2D eigenvalue weighted by atomic mass is 10.1. The summed E-state index contributed by atoms with van der Waals surface area (Å²) in [5.41, 5.74) is 3.02. The molecule has 0 saturated heterocycles. The van der Waals surface area contributed by atoms with Crippen LogP contribution in [0.5, 0.6) is 5.75 Å². The number of carboxylic acids is 1. The van der Waals surface area contributed by atoms with Gasteiger partial charge in [-0.05, 0) is 61.1 Å². The Bertz CT molecular complexity index is 850. The van der Waals surface area contributed by atoms with Crippen molar-refractivity contribution in [1.82, 2.24) is 0 Å². The number of methoxy groups -OCH3 is 1. The second-order valence-corrected chi connectivity index (χ2v) is 8.07. The minimum atomic E-state index is -0.995. The van der Waals surface area contributed by atoms with E-state index in [0.29, 0.717) is 6.42 Å². The maximum absolute atomic E-state index is 13.0.